The molecule has 0 fully saturated rings. The van der Waals surface area contributed by atoms with Gasteiger partial charge in [0.2, 0.25) is 0 Å². The van der Waals surface area contributed by atoms with E-state index in [4.69, 9.17) is 0 Å². The molecule has 0 aliphatic carbocycles. The summed E-state index contributed by atoms with van der Waals surface area (Å²) in [6.07, 6.45) is 0.904. The lowest BCUT2D eigenvalue weighted by Crippen LogP contribution is -2.34. The van der Waals surface area contributed by atoms with Crippen LogP contribution < -0.4 is 15.5 Å². The van der Waals surface area contributed by atoms with Crippen molar-refractivity contribution >= 4 is 23.2 Å². The molecule has 2 amide bonds. The van der Waals surface area contributed by atoms with E-state index in [0.717, 1.165) is 25.2 Å². The van der Waals surface area contributed by atoms with Gasteiger partial charge in [-0.05, 0) is 59.9 Å². The molecule has 33 heavy (non-hydrogen) atoms. The standard InChI is InChI=1S/C27H28FN3O2/c1-18(2)16-29-27(33)24-15-23(30-26(32)20-8-5-9-22(28)14-20)10-11-25(24)31-13-12-19-6-3-4-7-21(19)17-31/h3-11,14-15,18H,12-13,16-17H2,1-2H3,(H,29,33)(H,30,32). The Kier molecular flexibility index (Phi) is 6.73. The van der Waals surface area contributed by atoms with Crippen molar-refractivity contribution in [1.29, 1.82) is 0 Å². The van der Waals surface area contributed by atoms with Gasteiger partial charge in [0.05, 0.1) is 5.56 Å². The lowest BCUT2D eigenvalue weighted by atomic mass is 9.98. The Balaban J connectivity index is 1.62. The van der Waals surface area contributed by atoms with Gasteiger partial charge in [0.1, 0.15) is 5.82 Å². The lowest BCUT2D eigenvalue weighted by Gasteiger charge is -2.32. The zero-order valence-electron chi connectivity index (χ0n) is 18.9. The summed E-state index contributed by atoms with van der Waals surface area (Å²) >= 11 is 0. The van der Waals surface area contributed by atoms with Gasteiger partial charge >= 0.3 is 0 Å². The summed E-state index contributed by atoms with van der Waals surface area (Å²) in [5, 5.41) is 5.78. The van der Waals surface area contributed by atoms with Crippen molar-refractivity contribution in [1.82, 2.24) is 5.32 Å². The van der Waals surface area contributed by atoms with E-state index in [9.17, 15) is 14.0 Å². The lowest BCUT2D eigenvalue weighted by molar-refractivity contribution is 0.0948. The molecule has 5 nitrogen and oxygen atoms in total. The van der Waals surface area contributed by atoms with Crippen LogP contribution in [-0.2, 0) is 13.0 Å². The predicted octanol–water partition coefficient (Wildman–Crippen LogP) is 5.03. The van der Waals surface area contributed by atoms with Crippen LogP contribution in [0.4, 0.5) is 15.8 Å². The minimum atomic E-state index is -0.475. The molecule has 1 aliphatic heterocycles. The number of carbonyl (C=O) groups is 2. The molecule has 1 heterocycles. The van der Waals surface area contributed by atoms with E-state index in [2.05, 4.69) is 33.7 Å². The van der Waals surface area contributed by atoms with Gasteiger partial charge in [0, 0.05) is 36.6 Å². The third-order valence-electron chi connectivity index (χ3n) is 5.73. The zero-order valence-corrected chi connectivity index (χ0v) is 18.9. The number of nitrogens with one attached hydrogen (secondary N) is 2. The molecule has 3 aromatic rings. The Labute approximate surface area is 193 Å². The molecule has 0 aromatic heterocycles. The number of halogens is 1. The SMILES string of the molecule is CC(C)CNC(=O)c1cc(NC(=O)c2cccc(F)c2)ccc1N1CCc2ccccc2C1. The molecule has 0 spiro atoms. The van der Waals surface area contributed by atoms with E-state index in [-0.39, 0.29) is 11.5 Å². The van der Waals surface area contributed by atoms with Crippen LogP contribution in [0.2, 0.25) is 0 Å². The van der Waals surface area contributed by atoms with Crippen LogP contribution in [0.3, 0.4) is 0 Å². The normalized spacial score (nSPS) is 12.9. The molecule has 0 saturated heterocycles. The first-order chi connectivity index (χ1) is 15.9. The fourth-order valence-electron chi connectivity index (χ4n) is 4.00. The third kappa shape index (κ3) is 5.40. The van der Waals surface area contributed by atoms with Crippen molar-refractivity contribution in [3.8, 4) is 0 Å². The highest BCUT2D eigenvalue weighted by atomic mass is 19.1. The zero-order chi connectivity index (χ0) is 23.4. The molecule has 2 N–H and O–H groups in total. The summed E-state index contributed by atoms with van der Waals surface area (Å²) in [5.74, 6) is -0.769. The van der Waals surface area contributed by atoms with Gasteiger partial charge in [-0.2, -0.15) is 0 Å². The fraction of sp³-hybridized carbons (Fsp3) is 0.259. The molecule has 0 unspecified atom stereocenters. The van der Waals surface area contributed by atoms with E-state index in [1.54, 1.807) is 18.2 Å². The van der Waals surface area contributed by atoms with Crippen molar-refractivity contribution in [2.75, 3.05) is 23.3 Å². The number of nitrogens with zero attached hydrogens (tertiary/aromatic N) is 1. The van der Waals surface area contributed by atoms with E-state index < -0.39 is 11.7 Å². The van der Waals surface area contributed by atoms with Crippen molar-refractivity contribution in [3.05, 3.63) is 94.8 Å². The largest absolute Gasteiger partial charge is 0.366 e. The highest BCUT2D eigenvalue weighted by molar-refractivity contribution is 6.06. The highest BCUT2D eigenvalue weighted by Gasteiger charge is 2.22. The van der Waals surface area contributed by atoms with Crippen LogP contribution in [0.1, 0.15) is 45.7 Å². The van der Waals surface area contributed by atoms with E-state index in [1.165, 1.54) is 29.3 Å². The molecule has 3 aromatic carbocycles. The highest BCUT2D eigenvalue weighted by Crippen LogP contribution is 2.30. The molecular formula is C27H28FN3O2. The number of rotatable bonds is 6. The number of benzene rings is 3. The minimum absolute atomic E-state index is 0.181. The quantitative estimate of drug-likeness (QED) is 0.560. The van der Waals surface area contributed by atoms with E-state index >= 15 is 0 Å². The Hall–Kier alpha value is -3.67. The Bertz CT molecular complexity index is 1180. The summed E-state index contributed by atoms with van der Waals surface area (Å²) in [6.45, 7) is 6.16. The Morgan fingerprint density at radius 2 is 1.76 bits per heavy atom. The molecule has 170 valence electrons. The minimum Gasteiger partial charge on any atom is -0.366 e. The maximum Gasteiger partial charge on any atom is 0.255 e. The van der Waals surface area contributed by atoms with Crippen LogP contribution >= 0.6 is 0 Å². The van der Waals surface area contributed by atoms with Crippen LogP contribution in [-0.4, -0.2) is 24.9 Å². The van der Waals surface area contributed by atoms with Crippen LogP contribution in [0.5, 0.6) is 0 Å². The van der Waals surface area contributed by atoms with Crippen molar-refractivity contribution in [2.45, 2.75) is 26.8 Å². The van der Waals surface area contributed by atoms with Gasteiger partial charge in [-0.3, -0.25) is 9.59 Å². The molecular weight excluding hydrogens is 417 g/mol. The van der Waals surface area contributed by atoms with Crippen LogP contribution in [0.15, 0.2) is 66.7 Å². The predicted molar refractivity (Wildman–Crippen MR) is 129 cm³/mol. The number of amides is 2. The monoisotopic (exact) mass is 445 g/mol. The number of carbonyl (C=O) groups excluding carboxylic acids is 2. The average Bonchev–Trinajstić information content (AvgIpc) is 2.82. The molecule has 0 bridgehead atoms. The Morgan fingerprint density at radius 3 is 2.52 bits per heavy atom. The first-order valence-corrected chi connectivity index (χ1v) is 11.2. The van der Waals surface area contributed by atoms with Gasteiger partial charge in [-0.15, -0.1) is 0 Å². The molecule has 0 radical (unpaired) electrons. The van der Waals surface area contributed by atoms with Gasteiger partial charge in [-0.25, -0.2) is 4.39 Å². The smallest absolute Gasteiger partial charge is 0.255 e. The number of fused-ring (bicyclic) bond motifs is 1. The van der Waals surface area contributed by atoms with Gasteiger partial charge < -0.3 is 15.5 Å². The number of hydrogen-bond donors (Lipinski definition) is 2. The fourth-order valence-corrected chi connectivity index (χ4v) is 4.00. The summed E-state index contributed by atoms with van der Waals surface area (Å²) in [5.41, 5.74) is 4.62. The first-order valence-electron chi connectivity index (χ1n) is 11.2. The topological polar surface area (TPSA) is 61.4 Å². The maximum atomic E-state index is 13.5. The Morgan fingerprint density at radius 1 is 0.970 bits per heavy atom. The molecule has 6 heteroatoms. The summed E-state index contributed by atoms with van der Waals surface area (Å²) in [4.78, 5) is 27.9. The number of anilines is 2. The van der Waals surface area contributed by atoms with Gasteiger partial charge in [0.25, 0.3) is 11.8 Å². The molecule has 1 aliphatic rings. The second-order valence-electron chi connectivity index (χ2n) is 8.74. The van der Waals surface area contributed by atoms with Crippen molar-refractivity contribution in [2.24, 2.45) is 5.92 Å². The maximum absolute atomic E-state index is 13.5. The second-order valence-corrected chi connectivity index (χ2v) is 8.74. The third-order valence-corrected chi connectivity index (χ3v) is 5.73. The van der Waals surface area contributed by atoms with Crippen molar-refractivity contribution < 1.29 is 14.0 Å². The van der Waals surface area contributed by atoms with Crippen LogP contribution in [0.25, 0.3) is 0 Å². The summed E-state index contributed by atoms with van der Waals surface area (Å²) in [7, 11) is 0. The van der Waals surface area contributed by atoms with E-state index in [0.29, 0.717) is 23.7 Å². The summed E-state index contributed by atoms with van der Waals surface area (Å²) in [6, 6.07) is 19.2. The second kappa shape index (κ2) is 9.86. The molecule has 4 rings (SSSR count). The molecule has 0 saturated carbocycles. The molecule has 0 atom stereocenters. The number of hydrogen-bond acceptors (Lipinski definition) is 3. The van der Waals surface area contributed by atoms with Crippen LogP contribution in [0, 0.1) is 11.7 Å². The first kappa shape index (κ1) is 22.5. The van der Waals surface area contributed by atoms with E-state index in [1.807, 2.05) is 26.0 Å². The van der Waals surface area contributed by atoms with Crippen molar-refractivity contribution in [3.63, 3.8) is 0 Å². The summed E-state index contributed by atoms with van der Waals surface area (Å²) < 4.78 is 13.5. The van der Waals surface area contributed by atoms with Gasteiger partial charge in [-0.1, -0.05) is 44.2 Å². The average molecular weight is 446 g/mol. The van der Waals surface area contributed by atoms with Gasteiger partial charge in [0.15, 0.2) is 0 Å².